The maximum atomic E-state index is 13.9. The predicted molar refractivity (Wildman–Crippen MR) is 166 cm³/mol. The molecular weight excluding hydrogens is 594 g/mol. The van der Waals surface area contributed by atoms with Gasteiger partial charge in [0.1, 0.15) is 12.3 Å². The van der Waals surface area contributed by atoms with E-state index in [0.29, 0.717) is 0 Å². The number of amides is 1. The minimum Gasteiger partial charge on any atom is -0.495 e. The van der Waals surface area contributed by atoms with Gasteiger partial charge in [0.15, 0.2) is 0 Å². The Morgan fingerprint density at radius 2 is 1.84 bits per heavy atom. The van der Waals surface area contributed by atoms with Gasteiger partial charge in [-0.1, -0.05) is 29.8 Å². The quantitative estimate of drug-likeness (QED) is 0.138. The third kappa shape index (κ3) is 6.71. The van der Waals surface area contributed by atoms with E-state index in [1.54, 1.807) is 0 Å². The molecule has 4 aromatic rings. The van der Waals surface area contributed by atoms with Crippen LogP contribution in [0.25, 0.3) is 5.69 Å². The van der Waals surface area contributed by atoms with Crippen LogP contribution >= 0.6 is 11.6 Å². The van der Waals surface area contributed by atoms with Crippen molar-refractivity contribution < 1.29 is 22.9 Å². The van der Waals surface area contributed by atoms with Crippen molar-refractivity contribution in [1.29, 1.82) is 0 Å². The maximum absolute atomic E-state index is 13.9. The molecule has 1 heterocycles. The van der Waals surface area contributed by atoms with Crippen molar-refractivity contribution >= 4 is 45.1 Å². The molecule has 0 atom stereocenters. The van der Waals surface area contributed by atoms with E-state index < -0.39 is 27.4 Å². The molecule has 43 heavy (non-hydrogen) atoms. The first kappa shape index (κ1) is 31.3. The van der Waals surface area contributed by atoms with E-state index in [-0.39, 0.29) is 32.6 Å². The molecule has 0 radical (unpaired) electrons. The number of nitro benzene ring substituents is 1. The molecule has 0 fully saturated rings. The van der Waals surface area contributed by atoms with Gasteiger partial charge in [0, 0.05) is 39.3 Å². The Kier molecular flexibility index (Phi) is 9.22. The topological polar surface area (TPSA) is 136 Å². The zero-order chi connectivity index (χ0) is 31.5. The molecule has 11 nitrogen and oxygen atoms in total. The molecule has 0 spiro atoms. The fourth-order valence-corrected chi connectivity index (χ4v) is 6.26. The minimum atomic E-state index is -4.52. The van der Waals surface area contributed by atoms with E-state index in [4.69, 9.17) is 16.3 Å². The Balaban J connectivity index is 1.65. The van der Waals surface area contributed by atoms with Gasteiger partial charge in [0.05, 0.1) is 28.8 Å². The molecule has 1 amide bonds. The third-order valence-corrected chi connectivity index (χ3v) is 8.78. The van der Waals surface area contributed by atoms with Gasteiger partial charge in [-0.15, -0.1) is 0 Å². The fraction of sp³-hybridized carbons (Fsp3) is 0.200. The van der Waals surface area contributed by atoms with E-state index in [1.807, 2.05) is 45.0 Å². The number of benzene rings is 3. The zero-order valence-electron chi connectivity index (χ0n) is 24.2. The first-order chi connectivity index (χ1) is 20.3. The normalized spacial score (nSPS) is 11.5. The maximum Gasteiger partial charge on any atom is 0.273 e. The molecule has 13 heteroatoms. The lowest BCUT2D eigenvalue weighted by atomic mass is 10.2. The van der Waals surface area contributed by atoms with Crippen LogP contribution in [0.1, 0.15) is 28.1 Å². The number of anilines is 1. The van der Waals surface area contributed by atoms with E-state index >= 15 is 0 Å². The van der Waals surface area contributed by atoms with Crippen molar-refractivity contribution in [2.24, 2.45) is 5.10 Å². The van der Waals surface area contributed by atoms with Crippen LogP contribution in [0.2, 0.25) is 5.02 Å². The molecule has 0 saturated carbocycles. The Bertz CT molecular complexity index is 1850. The summed E-state index contributed by atoms with van der Waals surface area (Å²) >= 11 is 6.18. The summed E-state index contributed by atoms with van der Waals surface area (Å²) in [6.07, 6.45) is 1.48. The zero-order valence-corrected chi connectivity index (χ0v) is 25.7. The lowest BCUT2D eigenvalue weighted by Crippen LogP contribution is -2.39. The molecule has 0 unspecified atom stereocenters. The van der Waals surface area contributed by atoms with Gasteiger partial charge in [-0.2, -0.15) is 5.10 Å². The van der Waals surface area contributed by atoms with Crippen LogP contribution in [0, 0.1) is 37.8 Å². The smallest absolute Gasteiger partial charge is 0.273 e. The number of halogens is 1. The number of carbonyl (C=O) groups is 1. The predicted octanol–water partition coefficient (Wildman–Crippen LogP) is 5.63. The molecular formula is C30H30ClN5O6S. The number of aromatic nitrogens is 1. The molecule has 1 aromatic heterocycles. The van der Waals surface area contributed by atoms with Crippen LogP contribution in [0.4, 0.5) is 11.4 Å². The van der Waals surface area contributed by atoms with Crippen molar-refractivity contribution in [3.05, 3.63) is 110 Å². The van der Waals surface area contributed by atoms with Crippen molar-refractivity contribution in [2.45, 2.75) is 32.6 Å². The first-order valence-electron chi connectivity index (χ1n) is 13.0. The lowest BCUT2D eigenvalue weighted by molar-refractivity contribution is -0.385. The van der Waals surface area contributed by atoms with Gasteiger partial charge in [0.25, 0.3) is 21.6 Å². The fourth-order valence-electron chi connectivity index (χ4n) is 4.65. The summed E-state index contributed by atoms with van der Waals surface area (Å²) in [6, 6.07) is 17.8. The van der Waals surface area contributed by atoms with Crippen LogP contribution in [0.15, 0.2) is 76.7 Å². The summed E-state index contributed by atoms with van der Waals surface area (Å²) in [5.74, 6) is -0.648. The number of aryl methyl sites for hydroxylation is 3. The van der Waals surface area contributed by atoms with Crippen molar-refractivity contribution in [2.75, 3.05) is 18.0 Å². The number of nitrogens with one attached hydrogen (secondary N) is 1. The van der Waals surface area contributed by atoms with E-state index in [1.165, 1.54) is 50.6 Å². The summed E-state index contributed by atoms with van der Waals surface area (Å²) in [7, 11) is -3.18. The highest BCUT2D eigenvalue weighted by Gasteiger charge is 2.31. The molecule has 4 rings (SSSR count). The number of rotatable bonds is 10. The number of methoxy groups -OCH3 is 1. The molecule has 3 aromatic carbocycles. The lowest BCUT2D eigenvalue weighted by Gasteiger charge is -2.25. The second-order valence-corrected chi connectivity index (χ2v) is 12.1. The number of nitro groups is 1. The number of carbonyl (C=O) groups excluding carboxylic acids is 1. The molecule has 0 bridgehead atoms. The van der Waals surface area contributed by atoms with Gasteiger partial charge in [-0.05, 0) is 75.7 Å². The average molecular weight is 624 g/mol. The van der Waals surface area contributed by atoms with Gasteiger partial charge >= 0.3 is 0 Å². The van der Waals surface area contributed by atoms with Gasteiger partial charge in [0.2, 0.25) is 0 Å². The van der Waals surface area contributed by atoms with Crippen LogP contribution in [-0.4, -0.2) is 43.7 Å². The number of ether oxygens (including phenoxy) is 1. The second-order valence-electron chi connectivity index (χ2n) is 9.83. The highest BCUT2D eigenvalue weighted by molar-refractivity contribution is 7.92. The Morgan fingerprint density at radius 1 is 1.09 bits per heavy atom. The summed E-state index contributed by atoms with van der Waals surface area (Å²) in [5.41, 5.74) is 6.99. The third-order valence-electron chi connectivity index (χ3n) is 6.79. The summed E-state index contributed by atoms with van der Waals surface area (Å²) in [4.78, 5) is 23.6. The number of nitrogens with zero attached hydrogens (tertiary/aromatic N) is 4. The van der Waals surface area contributed by atoms with E-state index in [9.17, 15) is 23.3 Å². The standard InChI is InChI=1S/C30H30ClN5O6S/c1-19-7-6-8-25(13-19)35-21(3)14-23(22(35)4)17-32-33-30(37)18-34(28-15-24(31)10-12-29(28)42-5)43(40,41)26-11-9-20(2)27(16-26)36(38)39/h6-17H,18H2,1-5H3,(H,33,37)/b32-17-. The van der Waals surface area contributed by atoms with Crippen LogP contribution in [-0.2, 0) is 14.8 Å². The largest absolute Gasteiger partial charge is 0.495 e. The minimum absolute atomic E-state index is 0.0287. The molecule has 1 N–H and O–H groups in total. The highest BCUT2D eigenvalue weighted by Crippen LogP contribution is 2.35. The average Bonchev–Trinajstić information content (AvgIpc) is 3.23. The number of hydrogen-bond donors (Lipinski definition) is 1. The summed E-state index contributed by atoms with van der Waals surface area (Å²) < 4.78 is 35.9. The van der Waals surface area contributed by atoms with Crippen LogP contribution in [0.5, 0.6) is 5.75 Å². The Labute approximate surface area is 254 Å². The number of hydrogen-bond acceptors (Lipinski definition) is 7. The summed E-state index contributed by atoms with van der Waals surface area (Å²) in [6.45, 7) is 6.68. The number of hydrazone groups is 1. The van der Waals surface area contributed by atoms with Gasteiger partial charge < -0.3 is 9.30 Å². The second kappa shape index (κ2) is 12.7. The molecule has 0 saturated heterocycles. The van der Waals surface area contributed by atoms with Crippen molar-refractivity contribution in [3.8, 4) is 11.4 Å². The van der Waals surface area contributed by atoms with Crippen molar-refractivity contribution in [1.82, 2.24) is 9.99 Å². The highest BCUT2D eigenvalue weighted by atomic mass is 35.5. The van der Waals surface area contributed by atoms with E-state index in [0.717, 1.165) is 38.6 Å². The van der Waals surface area contributed by atoms with E-state index in [2.05, 4.69) is 21.2 Å². The van der Waals surface area contributed by atoms with Gasteiger partial charge in [-0.25, -0.2) is 13.8 Å². The Morgan fingerprint density at radius 3 is 2.51 bits per heavy atom. The van der Waals surface area contributed by atoms with Crippen molar-refractivity contribution in [3.63, 3.8) is 0 Å². The SMILES string of the molecule is COc1ccc(Cl)cc1N(CC(=O)N/N=C\c1cc(C)n(-c2cccc(C)c2)c1C)S(=O)(=O)c1ccc(C)c([N+](=O)[O-])c1. The number of sulfonamides is 1. The van der Waals surface area contributed by atoms with Crippen LogP contribution < -0.4 is 14.5 Å². The Hall–Kier alpha value is -4.68. The van der Waals surface area contributed by atoms with Crippen LogP contribution in [0.3, 0.4) is 0 Å². The molecule has 0 aliphatic rings. The molecule has 0 aliphatic carbocycles. The van der Waals surface area contributed by atoms with Gasteiger partial charge in [-0.3, -0.25) is 19.2 Å². The molecule has 0 aliphatic heterocycles. The molecule has 224 valence electrons. The first-order valence-corrected chi connectivity index (χ1v) is 14.8. The monoisotopic (exact) mass is 623 g/mol. The summed E-state index contributed by atoms with van der Waals surface area (Å²) in [5, 5.41) is 15.8.